The molecule has 2 unspecified atom stereocenters. The van der Waals surface area contributed by atoms with Gasteiger partial charge in [-0.05, 0) is 43.4 Å². The molecule has 0 saturated carbocycles. The molecule has 3 rings (SSSR count). The third kappa shape index (κ3) is 0.787. The van der Waals surface area contributed by atoms with E-state index >= 15 is 0 Å². The number of furan rings is 1. The van der Waals surface area contributed by atoms with Crippen molar-refractivity contribution in [2.45, 2.75) is 25.3 Å². The summed E-state index contributed by atoms with van der Waals surface area (Å²) in [4.78, 5) is 0. The molecule has 1 aliphatic carbocycles. The lowest BCUT2D eigenvalue weighted by Crippen LogP contribution is -2.22. The Morgan fingerprint density at radius 2 is 2.42 bits per heavy atom. The van der Waals surface area contributed by atoms with Crippen molar-refractivity contribution in [1.82, 2.24) is 5.32 Å². The molecule has 0 amide bonds. The van der Waals surface area contributed by atoms with Gasteiger partial charge >= 0.3 is 0 Å². The first kappa shape index (κ1) is 6.72. The van der Waals surface area contributed by atoms with Crippen LogP contribution in [-0.4, -0.2) is 6.54 Å². The van der Waals surface area contributed by atoms with E-state index in [2.05, 4.69) is 11.4 Å². The second-order valence-electron chi connectivity index (χ2n) is 3.83. The van der Waals surface area contributed by atoms with Crippen molar-refractivity contribution < 1.29 is 4.42 Å². The van der Waals surface area contributed by atoms with Crippen LogP contribution in [0.5, 0.6) is 0 Å². The molecule has 1 aromatic rings. The van der Waals surface area contributed by atoms with E-state index in [0.717, 1.165) is 12.5 Å². The zero-order valence-corrected chi connectivity index (χ0v) is 7.05. The minimum Gasteiger partial charge on any atom is -0.467 e. The van der Waals surface area contributed by atoms with E-state index in [1.165, 1.54) is 30.6 Å². The Morgan fingerprint density at radius 1 is 1.42 bits per heavy atom. The molecule has 2 nitrogen and oxygen atoms in total. The summed E-state index contributed by atoms with van der Waals surface area (Å²) >= 11 is 0. The lowest BCUT2D eigenvalue weighted by atomic mass is 9.85. The van der Waals surface area contributed by atoms with Crippen LogP contribution in [0.2, 0.25) is 0 Å². The average Bonchev–Trinajstić information content (AvgIpc) is 2.71. The smallest absolute Gasteiger partial charge is 0.124 e. The maximum Gasteiger partial charge on any atom is 0.124 e. The van der Waals surface area contributed by atoms with Crippen LogP contribution in [0.3, 0.4) is 0 Å². The van der Waals surface area contributed by atoms with E-state index in [1.54, 1.807) is 0 Å². The zero-order valence-electron chi connectivity index (χ0n) is 7.05. The summed E-state index contributed by atoms with van der Waals surface area (Å²) in [5.74, 6) is 2.05. The van der Waals surface area contributed by atoms with Crippen molar-refractivity contribution >= 4 is 0 Å². The number of fused-ring (bicyclic) bond motifs is 3. The van der Waals surface area contributed by atoms with Gasteiger partial charge in [-0.25, -0.2) is 0 Å². The fourth-order valence-corrected chi connectivity index (χ4v) is 2.54. The molecule has 1 N–H and O–H groups in total. The predicted molar refractivity (Wildman–Crippen MR) is 45.9 cm³/mol. The Labute approximate surface area is 72.0 Å². The van der Waals surface area contributed by atoms with Gasteiger partial charge in [-0.3, -0.25) is 0 Å². The number of hydrogen-bond donors (Lipinski definition) is 1. The standard InChI is InChI=1S/C10H13NO/c1-2-8-4-6-12-10(8)9-7(1)3-5-11-9/h4,6-7,9,11H,1-3,5H2. The van der Waals surface area contributed by atoms with Crippen molar-refractivity contribution in [3.63, 3.8) is 0 Å². The van der Waals surface area contributed by atoms with Gasteiger partial charge < -0.3 is 9.73 Å². The summed E-state index contributed by atoms with van der Waals surface area (Å²) < 4.78 is 5.51. The number of aryl methyl sites for hydroxylation is 1. The first-order chi connectivity index (χ1) is 5.95. The van der Waals surface area contributed by atoms with Crippen molar-refractivity contribution in [2.75, 3.05) is 6.54 Å². The second kappa shape index (κ2) is 2.36. The SMILES string of the molecule is c1cc2c(o1)C1NCCC1CC2. The molecule has 12 heavy (non-hydrogen) atoms. The third-order valence-corrected chi connectivity index (χ3v) is 3.20. The fraction of sp³-hybridized carbons (Fsp3) is 0.600. The van der Waals surface area contributed by atoms with Gasteiger partial charge in [0.1, 0.15) is 5.76 Å². The quantitative estimate of drug-likeness (QED) is 0.631. The molecule has 1 fully saturated rings. The molecule has 0 aromatic carbocycles. The Morgan fingerprint density at radius 3 is 3.42 bits per heavy atom. The van der Waals surface area contributed by atoms with Crippen molar-refractivity contribution in [2.24, 2.45) is 5.92 Å². The average molecular weight is 163 g/mol. The Balaban J connectivity index is 2.04. The largest absolute Gasteiger partial charge is 0.467 e. The maximum absolute atomic E-state index is 5.51. The zero-order chi connectivity index (χ0) is 7.97. The van der Waals surface area contributed by atoms with Crippen LogP contribution in [0.25, 0.3) is 0 Å². The number of nitrogens with one attached hydrogen (secondary N) is 1. The van der Waals surface area contributed by atoms with Crippen LogP contribution in [0.1, 0.15) is 30.2 Å². The van der Waals surface area contributed by atoms with Crippen LogP contribution in [-0.2, 0) is 6.42 Å². The number of hydrogen-bond acceptors (Lipinski definition) is 2. The van der Waals surface area contributed by atoms with Crippen LogP contribution in [0, 0.1) is 5.92 Å². The van der Waals surface area contributed by atoms with Crippen molar-refractivity contribution in [3.8, 4) is 0 Å². The lowest BCUT2D eigenvalue weighted by molar-refractivity contribution is 0.336. The summed E-state index contributed by atoms with van der Waals surface area (Å²) in [5.41, 5.74) is 1.42. The maximum atomic E-state index is 5.51. The summed E-state index contributed by atoms with van der Waals surface area (Å²) in [7, 11) is 0. The summed E-state index contributed by atoms with van der Waals surface area (Å²) in [6.45, 7) is 1.16. The molecule has 2 aliphatic rings. The lowest BCUT2D eigenvalue weighted by Gasteiger charge is -2.23. The molecular formula is C10H13NO. The highest BCUT2D eigenvalue weighted by Gasteiger charge is 2.35. The van der Waals surface area contributed by atoms with E-state index in [9.17, 15) is 0 Å². The van der Waals surface area contributed by atoms with Crippen LogP contribution in [0.15, 0.2) is 16.7 Å². The normalized spacial score (nSPS) is 33.0. The molecule has 1 aromatic heterocycles. The van der Waals surface area contributed by atoms with E-state index in [4.69, 9.17) is 4.42 Å². The molecule has 2 heteroatoms. The molecule has 64 valence electrons. The second-order valence-corrected chi connectivity index (χ2v) is 3.83. The monoisotopic (exact) mass is 163 g/mol. The fourth-order valence-electron chi connectivity index (χ4n) is 2.54. The third-order valence-electron chi connectivity index (χ3n) is 3.20. The van der Waals surface area contributed by atoms with Crippen molar-refractivity contribution in [3.05, 3.63) is 23.7 Å². The molecule has 2 atom stereocenters. The highest BCUT2D eigenvalue weighted by atomic mass is 16.3. The molecule has 0 spiro atoms. The molecule has 2 heterocycles. The number of rotatable bonds is 0. The first-order valence-corrected chi connectivity index (χ1v) is 4.75. The molecule has 1 saturated heterocycles. The van der Waals surface area contributed by atoms with Gasteiger partial charge in [-0.1, -0.05) is 0 Å². The Hall–Kier alpha value is -0.760. The van der Waals surface area contributed by atoms with Crippen molar-refractivity contribution in [1.29, 1.82) is 0 Å². The van der Waals surface area contributed by atoms with E-state index in [1.807, 2.05) is 6.26 Å². The van der Waals surface area contributed by atoms with E-state index < -0.39 is 0 Å². The highest BCUT2D eigenvalue weighted by molar-refractivity contribution is 5.25. The minimum atomic E-state index is 0.531. The van der Waals surface area contributed by atoms with Gasteiger partial charge in [-0.2, -0.15) is 0 Å². The molecule has 0 radical (unpaired) electrons. The first-order valence-electron chi connectivity index (χ1n) is 4.75. The summed E-state index contributed by atoms with van der Waals surface area (Å²) in [6.07, 6.45) is 5.71. The van der Waals surface area contributed by atoms with Crippen LogP contribution in [0.4, 0.5) is 0 Å². The van der Waals surface area contributed by atoms with E-state index in [0.29, 0.717) is 6.04 Å². The predicted octanol–water partition coefficient (Wildman–Crippen LogP) is 1.88. The van der Waals surface area contributed by atoms with Gasteiger partial charge in [0.25, 0.3) is 0 Å². The van der Waals surface area contributed by atoms with E-state index in [-0.39, 0.29) is 0 Å². The van der Waals surface area contributed by atoms with Gasteiger partial charge in [0.15, 0.2) is 0 Å². The summed E-state index contributed by atoms with van der Waals surface area (Å²) in [5, 5.41) is 3.51. The van der Waals surface area contributed by atoms with Gasteiger partial charge in [-0.15, -0.1) is 0 Å². The molecular weight excluding hydrogens is 150 g/mol. The minimum absolute atomic E-state index is 0.531. The Kier molecular flexibility index (Phi) is 1.32. The topological polar surface area (TPSA) is 25.2 Å². The molecule has 0 bridgehead atoms. The summed E-state index contributed by atoms with van der Waals surface area (Å²) in [6, 6.07) is 2.65. The van der Waals surface area contributed by atoms with Gasteiger partial charge in [0.2, 0.25) is 0 Å². The Bertz CT molecular complexity index is 292. The highest BCUT2D eigenvalue weighted by Crippen LogP contribution is 2.39. The van der Waals surface area contributed by atoms with Gasteiger partial charge in [0, 0.05) is 0 Å². The van der Waals surface area contributed by atoms with Crippen LogP contribution >= 0.6 is 0 Å². The van der Waals surface area contributed by atoms with Gasteiger partial charge in [0.05, 0.1) is 12.3 Å². The molecule has 1 aliphatic heterocycles. The van der Waals surface area contributed by atoms with Crippen LogP contribution < -0.4 is 5.32 Å².